The highest BCUT2D eigenvalue weighted by atomic mass is 79.9. The van der Waals surface area contributed by atoms with Crippen molar-refractivity contribution in [2.24, 2.45) is 0 Å². The van der Waals surface area contributed by atoms with Crippen molar-refractivity contribution in [1.82, 2.24) is 10.2 Å². The van der Waals surface area contributed by atoms with Crippen molar-refractivity contribution < 1.29 is 14.4 Å². The van der Waals surface area contributed by atoms with Gasteiger partial charge in [0.25, 0.3) is 5.91 Å². The number of hydrogen-bond donors (Lipinski definition) is 1. The number of anilines is 1. The first-order valence-corrected chi connectivity index (χ1v) is 8.84. The number of hydrogen-bond acceptors (Lipinski definition) is 3. The van der Waals surface area contributed by atoms with Gasteiger partial charge in [-0.25, -0.2) is 4.79 Å². The van der Waals surface area contributed by atoms with Gasteiger partial charge in [-0.3, -0.25) is 14.5 Å². The highest BCUT2D eigenvalue weighted by molar-refractivity contribution is 9.10. The van der Waals surface area contributed by atoms with E-state index in [0.717, 1.165) is 9.37 Å². The van der Waals surface area contributed by atoms with E-state index in [2.05, 4.69) is 21.2 Å². The number of rotatable bonds is 4. The number of nitrogens with one attached hydrogen (secondary N) is 1. The van der Waals surface area contributed by atoms with Crippen LogP contribution in [0.2, 0.25) is 0 Å². The Kier molecular flexibility index (Phi) is 4.82. The van der Waals surface area contributed by atoms with E-state index in [1.807, 2.05) is 24.3 Å². The number of carbonyl (C=O) groups is 3. The number of carbonyl (C=O) groups excluding carboxylic acids is 3. The number of nitrogens with zero attached hydrogens (tertiary/aromatic N) is 2. The summed E-state index contributed by atoms with van der Waals surface area (Å²) in [5, 5.41) is 2.70. The van der Waals surface area contributed by atoms with Crippen molar-refractivity contribution in [2.45, 2.75) is 12.5 Å². The fraction of sp³-hybridized carbons (Fsp3) is 0.211. The Balaban J connectivity index is 1.80. The predicted molar refractivity (Wildman–Crippen MR) is 102 cm³/mol. The molecular weight excluding hydrogens is 398 g/mol. The molecule has 4 amide bonds. The van der Waals surface area contributed by atoms with Crippen LogP contribution in [-0.4, -0.2) is 36.3 Å². The van der Waals surface area contributed by atoms with E-state index in [-0.39, 0.29) is 12.5 Å². The Morgan fingerprint density at radius 1 is 1.15 bits per heavy atom. The third-order valence-corrected chi connectivity index (χ3v) is 4.98. The Labute approximate surface area is 159 Å². The zero-order valence-corrected chi connectivity index (χ0v) is 16.0. The minimum atomic E-state index is -1.20. The summed E-state index contributed by atoms with van der Waals surface area (Å²) in [5.41, 5.74) is 0.141. The highest BCUT2D eigenvalue weighted by Crippen LogP contribution is 2.30. The van der Waals surface area contributed by atoms with Crippen LogP contribution < -0.4 is 10.2 Å². The van der Waals surface area contributed by atoms with Gasteiger partial charge in [0.05, 0.1) is 0 Å². The lowest BCUT2D eigenvalue weighted by Crippen LogP contribution is -2.43. The Morgan fingerprint density at radius 2 is 1.85 bits per heavy atom. The smallest absolute Gasteiger partial charge is 0.319 e. The Hall–Kier alpha value is -2.67. The predicted octanol–water partition coefficient (Wildman–Crippen LogP) is 2.88. The summed E-state index contributed by atoms with van der Waals surface area (Å²) < 4.78 is 0.802. The third kappa shape index (κ3) is 3.22. The van der Waals surface area contributed by atoms with E-state index >= 15 is 0 Å². The molecule has 1 aliphatic rings. The van der Waals surface area contributed by atoms with E-state index < -0.39 is 17.5 Å². The average Bonchev–Trinajstić information content (AvgIpc) is 2.86. The third-order valence-electron chi connectivity index (χ3n) is 4.49. The molecule has 3 rings (SSSR count). The van der Waals surface area contributed by atoms with Crippen LogP contribution in [0.25, 0.3) is 0 Å². The minimum Gasteiger partial charge on any atom is -0.319 e. The van der Waals surface area contributed by atoms with E-state index in [1.54, 1.807) is 44.3 Å². The Morgan fingerprint density at radius 3 is 2.50 bits per heavy atom. The molecule has 1 saturated heterocycles. The van der Waals surface area contributed by atoms with Crippen LogP contribution in [0.4, 0.5) is 10.5 Å². The molecule has 1 N–H and O–H groups in total. The molecular formula is C19H18BrN3O3. The van der Waals surface area contributed by atoms with Gasteiger partial charge in [-0.05, 0) is 36.8 Å². The van der Waals surface area contributed by atoms with Crippen LogP contribution >= 0.6 is 15.9 Å². The van der Waals surface area contributed by atoms with Crippen molar-refractivity contribution in [1.29, 1.82) is 0 Å². The van der Waals surface area contributed by atoms with E-state index in [4.69, 9.17) is 0 Å². The first-order chi connectivity index (χ1) is 12.3. The van der Waals surface area contributed by atoms with Crippen LogP contribution in [0.1, 0.15) is 12.5 Å². The highest BCUT2D eigenvalue weighted by Gasteiger charge is 2.49. The van der Waals surface area contributed by atoms with Gasteiger partial charge in [-0.1, -0.05) is 46.3 Å². The second kappa shape index (κ2) is 6.92. The van der Waals surface area contributed by atoms with Crippen LogP contribution in [-0.2, 0) is 15.1 Å². The molecule has 0 aliphatic carbocycles. The largest absolute Gasteiger partial charge is 0.325 e. The lowest BCUT2D eigenvalue weighted by molar-refractivity contribution is -0.134. The first kappa shape index (κ1) is 18.1. The molecule has 2 aromatic carbocycles. The minimum absolute atomic E-state index is 0.320. The van der Waals surface area contributed by atoms with Gasteiger partial charge in [0.1, 0.15) is 12.1 Å². The summed E-state index contributed by atoms with van der Waals surface area (Å²) in [5.74, 6) is -0.798. The molecule has 0 spiro atoms. The molecule has 0 bridgehead atoms. The fourth-order valence-electron chi connectivity index (χ4n) is 2.87. The summed E-state index contributed by atoms with van der Waals surface area (Å²) in [4.78, 5) is 40.2. The van der Waals surface area contributed by atoms with Gasteiger partial charge >= 0.3 is 6.03 Å². The van der Waals surface area contributed by atoms with Gasteiger partial charge < -0.3 is 10.2 Å². The normalized spacial score (nSPS) is 19.4. The molecule has 1 heterocycles. The van der Waals surface area contributed by atoms with Crippen LogP contribution in [0.3, 0.4) is 0 Å². The quantitative estimate of drug-likeness (QED) is 0.780. The van der Waals surface area contributed by atoms with Crippen LogP contribution in [0.5, 0.6) is 0 Å². The number of benzene rings is 2. The summed E-state index contributed by atoms with van der Waals surface area (Å²) in [6, 6.07) is 15.7. The summed E-state index contributed by atoms with van der Waals surface area (Å²) in [6.07, 6.45) is 0. The average molecular weight is 416 g/mol. The van der Waals surface area contributed by atoms with Crippen molar-refractivity contribution in [3.8, 4) is 0 Å². The van der Waals surface area contributed by atoms with Crippen molar-refractivity contribution in [2.75, 3.05) is 18.5 Å². The Bertz CT molecular complexity index is 871. The lowest BCUT2D eigenvalue weighted by atomic mass is 9.92. The standard InChI is InChI=1S/C19H18BrN3O3/c1-19(13-7-6-8-14(20)11-13)17(25)23(18(26)21-19)12-16(24)22(2)15-9-4-3-5-10-15/h3-11H,12H2,1-2H3,(H,21,26). The molecule has 1 atom stereocenters. The number of likely N-dealkylation sites (N-methyl/N-ethyl adjacent to an activating group) is 1. The van der Waals surface area contributed by atoms with Gasteiger partial charge in [0.2, 0.25) is 5.91 Å². The number of urea groups is 1. The zero-order valence-electron chi connectivity index (χ0n) is 14.4. The van der Waals surface area contributed by atoms with Crippen LogP contribution in [0, 0.1) is 0 Å². The van der Waals surface area contributed by atoms with Crippen molar-refractivity contribution in [3.05, 3.63) is 64.6 Å². The monoisotopic (exact) mass is 415 g/mol. The molecule has 7 heteroatoms. The molecule has 0 aromatic heterocycles. The summed E-state index contributed by atoms with van der Waals surface area (Å²) in [6.45, 7) is 1.32. The van der Waals surface area contributed by atoms with Crippen LogP contribution in [0.15, 0.2) is 59.1 Å². The van der Waals surface area contributed by atoms with Gasteiger partial charge in [-0.2, -0.15) is 0 Å². The zero-order chi connectivity index (χ0) is 18.9. The molecule has 0 radical (unpaired) electrons. The summed E-state index contributed by atoms with van der Waals surface area (Å²) in [7, 11) is 1.61. The van der Waals surface area contributed by atoms with Gasteiger partial charge in [-0.15, -0.1) is 0 Å². The molecule has 26 heavy (non-hydrogen) atoms. The second-order valence-corrected chi connectivity index (χ2v) is 7.16. The lowest BCUT2D eigenvalue weighted by Gasteiger charge is -2.23. The van der Waals surface area contributed by atoms with E-state index in [9.17, 15) is 14.4 Å². The first-order valence-electron chi connectivity index (χ1n) is 8.04. The second-order valence-electron chi connectivity index (χ2n) is 6.25. The van der Waals surface area contributed by atoms with E-state index in [1.165, 1.54) is 4.90 Å². The number of imide groups is 1. The molecule has 1 fully saturated rings. The molecule has 2 aromatic rings. The SMILES string of the molecule is CN(C(=O)CN1C(=O)NC(C)(c2cccc(Br)c2)C1=O)c1ccccc1. The molecule has 6 nitrogen and oxygen atoms in total. The van der Waals surface area contributed by atoms with Crippen molar-refractivity contribution in [3.63, 3.8) is 0 Å². The van der Waals surface area contributed by atoms with Gasteiger partial charge in [0.15, 0.2) is 0 Å². The van der Waals surface area contributed by atoms with Gasteiger partial charge in [0, 0.05) is 17.2 Å². The van der Waals surface area contributed by atoms with E-state index in [0.29, 0.717) is 11.3 Å². The molecule has 1 aliphatic heterocycles. The maximum atomic E-state index is 12.9. The number of amides is 4. The number of halogens is 1. The fourth-order valence-corrected chi connectivity index (χ4v) is 3.27. The molecule has 134 valence electrons. The number of para-hydroxylation sites is 1. The topological polar surface area (TPSA) is 69.7 Å². The van der Waals surface area contributed by atoms with Crippen molar-refractivity contribution >= 4 is 39.5 Å². The maximum absolute atomic E-state index is 12.9. The molecule has 0 saturated carbocycles. The maximum Gasteiger partial charge on any atom is 0.325 e. The summed E-state index contributed by atoms with van der Waals surface area (Å²) >= 11 is 3.37. The molecule has 1 unspecified atom stereocenters.